The Hall–Kier alpha value is -3.34. The second kappa shape index (κ2) is 8.61. The molecule has 8 unspecified atom stereocenters. The molecule has 0 bridgehead atoms. The van der Waals surface area contributed by atoms with Gasteiger partial charge in [-0.25, -0.2) is 4.79 Å². The zero-order valence-corrected chi connectivity index (χ0v) is 21.5. The number of carbonyl (C=O) groups excluding carboxylic acids is 6. The SMILES string of the molecule is CC(=O)OCC12C3=CC(=O)OC1CC1(O)C(C)=CC(=O)C(OC(C)=O)C1(C)C2C(=O)C(OC(C)=O)C3C. The van der Waals surface area contributed by atoms with Crippen molar-refractivity contribution in [1.82, 2.24) is 0 Å². The number of hydrogen-bond acceptors (Lipinski definition) is 11. The number of esters is 4. The molecule has 0 spiro atoms. The van der Waals surface area contributed by atoms with Gasteiger partial charge in [-0.05, 0) is 24.1 Å². The van der Waals surface area contributed by atoms with E-state index in [2.05, 4.69) is 0 Å². The third kappa shape index (κ3) is 3.58. The van der Waals surface area contributed by atoms with Gasteiger partial charge in [-0.3, -0.25) is 24.0 Å². The van der Waals surface area contributed by atoms with E-state index < -0.39 is 88.6 Å². The molecule has 0 aromatic rings. The van der Waals surface area contributed by atoms with Gasteiger partial charge in [0.05, 0.1) is 22.3 Å². The van der Waals surface area contributed by atoms with E-state index in [1.165, 1.54) is 26.8 Å². The summed E-state index contributed by atoms with van der Waals surface area (Å²) in [7, 11) is 0. The Labute approximate surface area is 213 Å². The summed E-state index contributed by atoms with van der Waals surface area (Å²) in [5.74, 6) is -6.54. The molecule has 1 aliphatic heterocycles. The molecule has 0 saturated heterocycles. The zero-order valence-electron chi connectivity index (χ0n) is 21.5. The summed E-state index contributed by atoms with van der Waals surface area (Å²) in [6.07, 6.45) is -2.08. The Balaban J connectivity index is 2.08. The highest BCUT2D eigenvalue weighted by atomic mass is 16.6. The lowest BCUT2D eigenvalue weighted by atomic mass is 9.38. The van der Waals surface area contributed by atoms with Gasteiger partial charge >= 0.3 is 23.9 Å². The maximum Gasteiger partial charge on any atom is 0.331 e. The second-order valence-corrected chi connectivity index (χ2v) is 10.6. The topological polar surface area (TPSA) is 160 Å². The van der Waals surface area contributed by atoms with E-state index in [4.69, 9.17) is 18.9 Å². The summed E-state index contributed by atoms with van der Waals surface area (Å²) >= 11 is 0. The van der Waals surface area contributed by atoms with E-state index in [0.29, 0.717) is 5.57 Å². The summed E-state index contributed by atoms with van der Waals surface area (Å²) < 4.78 is 22.0. The lowest BCUT2D eigenvalue weighted by Gasteiger charge is -2.67. The van der Waals surface area contributed by atoms with Crippen LogP contribution in [0.4, 0.5) is 0 Å². The molecule has 1 N–H and O–H groups in total. The van der Waals surface area contributed by atoms with Crippen LogP contribution in [0, 0.1) is 22.7 Å². The number of Topliss-reactive ketones (excluding diaryl/α,β-unsaturated/α-hetero) is 1. The van der Waals surface area contributed by atoms with Crippen molar-refractivity contribution in [2.45, 2.75) is 71.9 Å². The molecule has 11 heteroatoms. The third-order valence-corrected chi connectivity index (χ3v) is 8.55. The molecule has 0 amide bonds. The van der Waals surface area contributed by atoms with Crippen LogP contribution in [0.5, 0.6) is 0 Å². The number of fused-ring (bicyclic) bond motifs is 2. The average Bonchev–Trinajstić information content (AvgIpc) is 2.77. The van der Waals surface area contributed by atoms with E-state index in [0.717, 1.165) is 19.9 Å². The largest absolute Gasteiger partial charge is 0.465 e. The Bertz CT molecular complexity index is 1180. The summed E-state index contributed by atoms with van der Waals surface area (Å²) in [6.45, 7) is 7.54. The van der Waals surface area contributed by atoms with Crippen molar-refractivity contribution in [3.05, 3.63) is 23.3 Å². The Morgan fingerprint density at radius 3 is 2.24 bits per heavy atom. The molecule has 2 fully saturated rings. The summed E-state index contributed by atoms with van der Waals surface area (Å²) in [6, 6.07) is 0. The number of ether oxygens (including phenoxy) is 4. The highest BCUT2D eigenvalue weighted by molar-refractivity contribution is 6.01. The lowest BCUT2D eigenvalue weighted by Crippen LogP contribution is -2.78. The Morgan fingerprint density at radius 2 is 1.68 bits per heavy atom. The second-order valence-electron chi connectivity index (χ2n) is 10.6. The van der Waals surface area contributed by atoms with Gasteiger partial charge < -0.3 is 24.1 Å². The fourth-order valence-corrected chi connectivity index (χ4v) is 7.07. The number of rotatable bonds is 4. The van der Waals surface area contributed by atoms with Crippen molar-refractivity contribution >= 4 is 35.4 Å². The fraction of sp³-hybridized carbons (Fsp3) is 0.615. The molecule has 8 atom stereocenters. The van der Waals surface area contributed by atoms with Gasteiger partial charge in [0.25, 0.3) is 0 Å². The number of aliphatic hydroxyl groups is 1. The lowest BCUT2D eigenvalue weighted by molar-refractivity contribution is -0.257. The van der Waals surface area contributed by atoms with Crippen molar-refractivity contribution in [2.75, 3.05) is 6.61 Å². The maximum atomic E-state index is 14.3. The van der Waals surface area contributed by atoms with Crippen LogP contribution in [-0.2, 0) is 47.7 Å². The molecular formula is C26H30O11. The average molecular weight is 519 g/mol. The quantitative estimate of drug-likeness (QED) is 0.413. The number of carbonyl (C=O) groups is 6. The first-order valence-electron chi connectivity index (χ1n) is 12.0. The van der Waals surface area contributed by atoms with Gasteiger partial charge in [-0.1, -0.05) is 13.8 Å². The summed E-state index contributed by atoms with van der Waals surface area (Å²) in [5, 5.41) is 12.2. The van der Waals surface area contributed by atoms with E-state index >= 15 is 0 Å². The van der Waals surface area contributed by atoms with Crippen molar-refractivity contribution in [1.29, 1.82) is 0 Å². The molecule has 37 heavy (non-hydrogen) atoms. The molecule has 0 radical (unpaired) electrons. The van der Waals surface area contributed by atoms with Crippen molar-refractivity contribution < 1.29 is 52.8 Å². The Kier molecular flexibility index (Phi) is 6.22. The van der Waals surface area contributed by atoms with Crippen LogP contribution in [0.3, 0.4) is 0 Å². The molecule has 3 aliphatic carbocycles. The van der Waals surface area contributed by atoms with Crippen LogP contribution >= 0.6 is 0 Å². The minimum absolute atomic E-state index is 0.187. The molecule has 1 heterocycles. The first kappa shape index (κ1) is 26.7. The first-order valence-corrected chi connectivity index (χ1v) is 12.0. The maximum absolute atomic E-state index is 14.3. The van der Waals surface area contributed by atoms with Gasteiger partial charge in [0, 0.05) is 39.2 Å². The van der Waals surface area contributed by atoms with Gasteiger partial charge in [-0.15, -0.1) is 0 Å². The van der Waals surface area contributed by atoms with E-state index in [1.54, 1.807) is 6.92 Å². The van der Waals surface area contributed by atoms with Gasteiger partial charge in [0.15, 0.2) is 23.8 Å². The van der Waals surface area contributed by atoms with E-state index in [9.17, 15) is 33.9 Å². The van der Waals surface area contributed by atoms with Gasteiger partial charge in [0.1, 0.15) is 12.7 Å². The summed E-state index contributed by atoms with van der Waals surface area (Å²) in [4.78, 5) is 76.4. The van der Waals surface area contributed by atoms with Crippen molar-refractivity contribution in [2.24, 2.45) is 22.7 Å². The Morgan fingerprint density at radius 1 is 1.05 bits per heavy atom. The summed E-state index contributed by atoms with van der Waals surface area (Å²) in [5.41, 5.74) is -4.79. The van der Waals surface area contributed by atoms with E-state index in [1.807, 2.05) is 0 Å². The number of ketones is 2. The fourth-order valence-electron chi connectivity index (χ4n) is 7.07. The predicted molar refractivity (Wildman–Crippen MR) is 122 cm³/mol. The van der Waals surface area contributed by atoms with Crippen LogP contribution < -0.4 is 0 Å². The van der Waals surface area contributed by atoms with Crippen LogP contribution in [0.1, 0.15) is 48.0 Å². The molecule has 4 rings (SSSR count). The minimum Gasteiger partial charge on any atom is -0.465 e. The number of hydrogen-bond donors (Lipinski definition) is 1. The van der Waals surface area contributed by atoms with Crippen LogP contribution in [0.15, 0.2) is 23.3 Å². The zero-order chi connectivity index (χ0) is 27.7. The van der Waals surface area contributed by atoms with Crippen molar-refractivity contribution in [3.63, 3.8) is 0 Å². The first-order chi connectivity index (χ1) is 17.1. The van der Waals surface area contributed by atoms with Gasteiger partial charge in [-0.2, -0.15) is 0 Å². The highest BCUT2D eigenvalue weighted by Gasteiger charge is 2.78. The van der Waals surface area contributed by atoms with Crippen LogP contribution in [0.2, 0.25) is 0 Å². The van der Waals surface area contributed by atoms with Crippen LogP contribution in [-0.4, -0.2) is 71.1 Å². The molecule has 0 aromatic carbocycles. The predicted octanol–water partition coefficient (Wildman–Crippen LogP) is 0.756. The smallest absolute Gasteiger partial charge is 0.331 e. The highest BCUT2D eigenvalue weighted by Crippen LogP contribution is 2.68. The molecular weight excluding hydrogens is 488 g/mol. The standard InChI is InChI=1S/C26H30O11/c1-11-7-17(30)23(36-15(5)29)24(6)22-20(32)21(35-14(4)28)12(2)16-8-19(31)37-18(9-26(11,24)33)25(16,22)10-34-13(3)27/h7-8,12,18,21-23,33H,9-10H2,1-6H3. The van der Waals surface area contributed by atoms with Crippen LogP contribution in [0.25, 0.3) is 0 Å². The minimum atomic E-state index is -1.96. The molecule has 4 aliphatic rings. The third-order valence-electron chi connectivity index (χ3n) is 8.55. The monoisotopic (exact) mass is 518 g/mol. The molecule has 11 nitrogen and oxygen atoms in total. The van der Waals surface area contributed by atoms with Crippen molar-refractivity contribution in [3.8, 4) is 0 Å². The van der Waals surface area contributed by atoms with E-state index in [-0.39, 0.29) is 12.0 Å². The van der Waals surface area contributed by atoms with Gasteiger partial charge in [0.2, 0.25) is 0 Å². The molecule has 2 saturated carbocycles. The molecule has 200 valence electrons. The normalized spacial score (nSPS) is 40.3. The molecule has 0 aromatic heterocycles.